The van der Waals surface area contributed by atoms with Gasteiger partial charge < -0.3 is 20.1 Å². The second-order valence-corrected chi connectivity index (χ2v) is 7.68. The van der Waals surface area contributed by atoms with Gasteiger partial charge in [0.1, 0.15) is 17.9 Å². The summed E-state index contributed by atoms with van der Waals surface area (Å²) in [5, 5.41) is 7.90. The third-order valence-corrected chi connectivity index (χ3v) is 5.25. The maximum atomic E-state index is 14.2. The lowest BCUT2D eigenvalue weighted by Gasteiger charge is -2.10. The molecule has 4 aromatic rings. The van der Waals surface area contributed by atoms with E-state index >= 15 is 0 Å². The Kier molecular flexibility index (Phi) is 6.35. The molecule has 0 fully saturated rings. The van der Waals surface area contributed by atoms with Crippen molar-refractivity contribution >= 4 is 22.5 Å². The van der Waals surface area contributed by atoms with E-state index < -0.39 is 11.7 Å². The molecule has 0 radical (unpaired) electrons. The molecule has 0 saturated heterocycles. The molecule has 0 spiro atoms. The largest absolute Gasteiger partial charge is 0.394 e. The number of pyridine rings is 1. The van der Waals surface area contributed by atoms with E-state index in [1.54, 1.807) is 25.6 Å². The van der Waals surface area contributed by atoms with Crippen LogP contribution in [0.1, 0.15) is 21.6 Å². The summed E-state index contributed by atoms with van der Waals surface area (Å²) in [6.45, 7) is 1.93. The number of rotatable bonds is 6. The van der Waals surface area contributed by atoms with Crippen LogP contribution in [0.5, 0.6) is 0 Å². The fourth-order valence-electron chi connectivity index (χ4n) is 3.60. The normalized spacial score (nSPS) is 11.9. The number of aryl methyl sites for hydroxylation is 1. The summed E-state index contributed by atoms with van der Waals surface area (Å²) in [7, 11) is 1.68. The zero-order chi connectivity index (χ0) is 24.2. The summed E-state index contributed by atoms with van der Waals surface area (Å²) >= 11 is 0. The van der Waals surface area contributed by atoms with E-state index in [4.69, 9.17) is 10.3 Å². The molecule has 3 N–H and O–H groups in total. The van der Waals surface area contributed by atoms with Gasteiger partial charge in [-0.25, -0.2) is 4.39 Å². The molecule has 0 aliphatic heterocycles. The van der Waals surface area contributed by atoms with Crippen molar-refractivity contribution in [3.8, 4) is 11.1 Å². The molecule has 2 aromatic carbocycles. The van der Waals surface area contributed by atoms with Crippen LogP contribution in [0.25, 0.3) is 21.9 Å². The van der Waals surface area contributed by atoms with Crippen LogP contribution >= 0.6 is 0 Å². The van der Waals surface area contributed by atoms with E-state index in [0.29, 0.717) is 10.9 Å². The molecule has 2 heterocycles. The number of aromatic nitrogens is 2. The van der Waals surface area contributed by atoms with Crippen molar-refractivity contribution in [3.05, 3.63) is 100 Å². The number of amidine groups is 1. The van der Waals surface area contributed by atoms with E-state index in [9.17, 15) is 14.0 Å². The van der Waals surface area contributed by atoms with E-state index in [1.807, 2.05) is 25.1 Å². The summed E-state index contributed by atoms with van der Waals surface area (Å²) in [6, 6.07) is 11.1. The van der Waals surface area contributed by atoms with Crippen LogP contribution in [-0.2, 0) is 6.54 Å². The van der Waals surface area contributed by atoms with Gasteiger partial charge >= 0.3 is 0 Å². The third-order valence-electron chi connectivity index (χ3n) is 5.25. The molecule has 2 aromatic heterocycles. The lowest BCUT2D eigenvalue weighted by atomic mass is 10.0. The monoisotopic (exact) mass is 459 g/mol. The first kappa shape index (κ1) is 22.7. The molecule has 4 rings (SSSR count). The Morgan fingerprint density at radius 1 is 1.26 bits per heavy atom. The van der Waals surface area contributed by atoms with Crippen LogP contribution in [0.3, 0.4) is 0 Å². The molecule has 0 bridgehead atoms. The maximum Gasteiger partial charge on any atom is 0.279 e. The van der Waals surface area contributed by atoms with Gasteiger partial charge in [0.2, 0.25) is 0 Å². The number of fused-ring (bicyclic) bond motifs is 1. The van der Waals surface area contributed by atoms with Gasteiger partial charge in [-0.1, -0.05) is 11.2 Å². The van der Waals surface area contributed by atoms with Gasteiger partial charge in [0, 0.05) is 29.8 Å². The van der Waals surface area contributed by atoms with E-state index in [1.165, 1.54) is 29.0 Å². The van der Waals surface area contributed by atoms with Gasteiger partial charge in [0.05, 0.1) is 12.2 Å². The van der Waals surface area contributed by atoms with Crippen LogP contribution in [0.2, 0.25) is 0 Å². The number of nitrogens with one attached hydrogen (secondary N) is 1. The Morgan fingerprint density at radius 2 is 2.09 bits per heavy atom. The van der Waals surface area contributed by atoms with E-state index in [2.05, 4.69) is 15.5 Å². The van der Waals surface area contributed by atoms with Gasteiger partial charge in [-0.05, 0) is 72.1 Å². The number of nitrogens with two attached hydrogens (primary N) is 1. The summed E-state index contributed by atoms with van der Waals surface area (Å²) in [5.74, 6) is -1.30. The van der Waals surface area contributed by atoms with Crippen molar-refractivity contribution in [2.24, 2.45) is 10.7 Å². The molecule has 0 aliphatic carbocycles. The zero-order valence-electron chi connectivity index (χ0n) is 18.6. The molecular weight excluding hydrogens is 437 g/mol. The standard InChI is InChI=1S/C25H22FN5O3/c1-15-22(14-34-30-15)17-3-4-21-18(11-17)6-8-31(25(21)33)13-16-9-19(12-20(26)10-16)24(32)29-23(27)5-7-28-2/h3-12,14,28H,13H2,1-2H3,(H2,27,29,32)/b7-5-. The lowest BCUT2D eigenvalue weighted by Crippen LogP contribution is -2.20. The molecule has 8 nitrogen and oxygen atoms in total. The summed E-state index contributed by atoms with van der Waals surface area (Å²) in [6.07, 6.45) is 6.14. The lowest BCUT2D eigenvalue weighted by molar-refractivity contribution is 0.100. The SMILES string of the molecule is CN/C=C\C(N)=NC(=O)c1cc(F)cc(Cn2ccc3cc(-c4conc4C)ccc3c2=O)c1. The number of hydrogen-bond acceptors (Lipinski definition) is 5. The smallest absolute Gasteiger partial charge is 0.279 e. The van der Waals surface area contributed by atoms with Crippen molar-refractivity contribution in [3.63, 3.8) is 0 Å². The van der Waals surface area contributed by atoms with Crippen molar-refractivity contribution in [2.45, 2.75) is 13.5 Å². The van der Waals surface area contributed by atoms with E-state index in [-0.39, 0.29) is 23.5 Å². The summed E-state index contributed by atoms with van der Waals surface area (Å²) in [4.78, 5) is 29.2. The fourth-order valence-corrected chi connectivity index (χ4v) is 3.60. The number of carbonyl (C=O) groups excluding carboxylic acids is 1. The number of nitrogens with zero attached hydrogens (tertiary/aromatic N) is 3. The number of carbonyl (C=O) groups is 1. The first-order valence-corrected chi connectivity index (χ1v) is 10.4. The number of amides is 1. The van der Waals surface area contributed by atoms with Crippen LogP contribution in [0.15, 0.2) is 81.5 Å². The Morgan fingerprint density at radius 3 is 2.82 bits per heavy atom. The topological polar surface area (TPSA) is 116 Å². The van der Waals surface area contributed by atoms with Crippen molar-refractivity contribution < 1.29 is 13.7 Å². The molecule has 34 heavy (non-hydrogen) atoms. The van der Waals surface area contributed by atoms with Gasteiger partial charge in [0.15, 0.2) is 0 Å². The maximum absolute atomic E-state index is 14.2. The average Bonchev–Trinajstić information content (AvgIpc) is 3.24. The average molecular weight is 459 g/mol. The van der Waals surface area contributed by atoms with Crippen LogP contribution < -0.4 is 16.6 Å². The molecule has 0 saturated carbocycles. The molecule has 172 valence electrons. The summed E-state index contributed by atoms with van der Waals surface area (Å²) < 4.78 is 20.7. The minimum atomic E-state index is -0.679. The minimum Gasteiger partial charge on any atom is -0.394 e. The number of benzene rings is 2. The van der Waals surface area contributed by atoms with Gasteiger partial charge in [-0.2, -0.15) is 4.99 Å². The Balaban J connectivity index is 1.64. The van der Waals surface area contributed by atoms with Gasteiger partial charge in [-0.3, -0.25) is 9.59 Å². The third kappa shape index (κ3) is 4.78. The van der Waals surface area contributed by atoms with Crippen molar-refractivity contribution in [1.29, 1.82) is 0 Å². The molecule has 0 atom stereocenters. The summed E-state index contributed by atoms with van der Waals surface area (Å²) in [5.41, 5.74) is 8.43. The number of halogens is 1. The quantitative estimate of drug-likeness (QED) is 0.337. The molecule has 0 unspecified atom stereocenters. The second-order valence-electron chi connectivity index (χ2n) is 7.68. The highest BCUT2D eigenvalue weighted by Crippen LogP contribution is 2.25. The van der Waals surface area contributed by atoms with Crippen molar-refractivity contribution in [2.75, 3.05) is 7.05 Å². The predicted octanol–water partition coefficient (Wildman–Crippen LogP) is 3.38. The Labute approximate surface area is 194 Å². The second kappa shape index (κ2) is 9.53. The highest BCUT2D eigenvalue weighted by molar-refractivity contribution is 6.06. The van der Waals surface area contributed by atoms with E-state index in [0.717, 1.165) is 28.3 Å². The Bertz CT molecular complexity index is 1500. The van der Waals surface area contributed by atoms with Gasteiger partial charge in [0.25, 0.3) is 11.5 Å². The van der Waals surface area contributed by atoms with Crippen LogP contribution in [0, 0.1) is 12.7 Å². The highest BCUT2D eigenvalue weighted by Gasteiger charge is 2.12. The number of aliphatic imine (C=N–C) groups is 1. The highest BCUT2D eigenvalue weighted by atomic mass is 19.1. The molecule has 1 amide bonds. The number of hydrogen-bond donors (Lipinski definition) is 2. The fraction of sp³-hybridized carbons (Fsp3) is 0.120. The first-order chi connectivity index (χ1) is 16.4. The van der Waals surface area contributed by atoms with Crippen LogP contribution in [0.4, 0.5) is 4.39 Å². The Hall–Kier alpha value is -4.53. The molecule has 0 aliphatic rings. The zero-order valence-corrected chi connectivity index (χ0v) is 18.6. The molecular formula is C25H22FN5O3. The van der Waals surface area contributed by atoms with Crippen molar-refractivity contribution in [1.82, 2.24) is 15.0 Å². The van der Waals surface area contributed by atoms with Crippen LogP contribution in [-0.4, -0.2) is 28.5 Å². The minimum absolute atomic E-state index is 0.0170. The molecule has 9 heteroatoms. The first-order valence-electron chi connectivity index (χ1n) is 10.4. The van der Waals surface area contributed by atoms with Gasteiger partial charge in [-0.15, -0.1) is 0 Å². The predicted molar refractivity (Wildman–Crippen MR) is 128 cm³/mol.